The van der Waals surface area contributed by atoms with Crippen LogP contribution in [-0.4, -0.2) is 50.3 Å². The lowest BCUT2D eigenvalue weighted by Gasteiger charge is -2.17. The van der Waals surface area contributed by atoms with E-state index in [1.165, 1.54) is 230 Å². The molecule has 8 heteroatoms. The van der Waals surface area contributed by atoms with Crippen LogP contribution in [0.5, 0.6) is 0 Å². The van der Waals surface area contributed by atoms with E-state index < -0.39 is 23.9 Å². The van der Waals surface area contributed by atoms with Crippen LogP contribution in [0, 0.1) is 0 Å². The summed E-state index contributed by atoms with van der Waals surface area (Å²) in [6, 6.07) is 2.85. The average Bonchev–Trinajstić information content (AvgIpc) is 1.47. The molecule has 0 aromatic heterocycles. The number of hydrogen-bond acceptors (Lipinski definition) is 8. The number of unbranched alkanes of at least 4 members (excludes halogenated alkanes) is 48. The van der Waals surface area contributed by atoms with Gasteiger partial charge in [-0.1, -0.05) is 307 Å². The van der Waals surface area contributed by atoms with Gasteiger partial charge in [-0.05, 0) is 141 Å². The molecule has 1 aromatic rings. The van der Waals surface area contributed by atoms with Crippen molar-refractivity contribution < 1.29 is 38.1 Å². The zero-order valence-corrected chi connectivity index (χ0v) is 59.5. The predicted octanol–water partition coefficient (Wildman–Crippen LogP) is 26.5. The van der Waals surface area contributed by atoms with Gasteiger partial charge in [0.15, 0.2) is 0 Å². The van der Waals surface area contributed by atoms with E-state index in [-0.39, 0.29) is 48.7 Å². The average molecular weight is 1260 g/mol. The van der Waals surface area contributed by atoms with Crippen molar-refractivity contribution in [2.75, 3.05) is 26.4 Å². The molecule has 0 fully saturated rings. The summed E-state index contributed by atoms with van der Waals surface area (Å²) in [6.45, 7) is 9.66. The lowest BCUT2D eigenvalue weighted by atomic mass is 9.95. The summed E-state index contributed by atoms with van der Waals surface area (Å²) >= 11 is 0. The highest BCUT2D eigenvalue weighted by molar-refractivity contribution is 6.15. The summed E-state index contributed by atoms with van der Waals surface area (Å²) in [7, 11) is 0. The monoisotopic (exact) mass is 1260 g/mol. The largest absolute Gasteiger partial charge is 0.462 e. The molecule has 0 N–H and O–H groups in total. The molecular formula is C82H142O8. The molecule has 8 nitrogen and oxygen atoms in total. The molecule has 0 spiro atoms. The first-order chi connectivity index (χ1) is 44.4. The van der Waals surface area contributed by atoms with E-state index in [1.54, 1.807) is 0 Å². The van der Waals surface area contributed by atoms with Gasteiger partial charge in [0.25, 0.3) is 0 Å². The number of carbonyl (C=O) groups excluding carboxylic acids is 4. The number of ether oxygens (including phenoxy) is 4. The first-order valence-electron chi connectivity index (χ1n) is 38.9. The van der Waals surface area contributed by atoms with Crippen molar-refractivity contribution in [3.8, 4) is 0 Å². The number of carbonyl (C=O) groups is 4. The van der Waals surface area contributed by atoms with Crippen LogP contribution >= 0.6 is 0 Å². The molecule has 0 bridgehead atoms. The van der Waals surface area contributed by atoms with Gasteiger partial charge in [0.2, 0.25) is 0 Å². The van der Waals surface area contributed by atoms with E-state index >= 15 is 0 Å². The Balaban J connectivity index is 3.03. The van der Waals surface area contributed by atoms with Crippen LogP contribution in [0.15, 0.2) is 60.7 Å². The second kappa shape index (κ2) is 67.9. The molecule has 90 heavy (non-hydrogen) atoms. The lowest BCUT2D eigenvalue weighted by molar-refractivity contribution is 0.0415. The van der Waals surface area contributed by atoms with Gasteiger partial charge in [-0.15, -0.1) is 0 Å². The van der Waals surface area contributed by atoms with Gasteiger partial charge in [-0.25, -0.2) is 19.2 Å². The number of allylic oxidation sites excluding steroid dienone is 8. The van der Waals surface area contributed by atoms with E-state index in [4.69, 9.17) is 18.9 Å². The molecule has 0 aliphatic rings. The van der Waals surface area contributed by atoms with Crippen LogP contribution < -0.4 is 0 Å². The number of hydrogen-bond donors (Lipinski definition) is 0. The Morgan fingerprint density at radius 3 is 0.567 bits per heavy atom. The van der Waals surface area contributed by atoms with E-state index in [0.717, 1.165) is 116 Å². The smallest absolute Gasteiger partial charge is 0.339 e. The fourth-order valence-electron chi connectivity index (χ4n) is 11.7. The van der Waals surface area contributed by atoms with Crippen molar-refractivity contribution in [3.63, 3.8) is 0 Å². The quantitative estimate of drug-likeness (QED) is 0.0275. The molecule has 0 atom stereocenters. The van der Waals surface area contributed by atoms with Crippen LogP contribution in [0.1, 0.15) is 429 Å². The lowest BCUT2D eigenvalue weighted by Crippen LogP contribution is -2.24. The highest BCUT2D eigenvalue weighted by Crippen LogP contribution is 2.26. The topological polar surface area (TPSA) is 105 Å². The minimum absolute atomic E-state index is 0.0976. The molecule has 0 unspecified atom stereocenters. The highest BCUT2D eigenvalue weighted by Gasteiger charge is 2.33. The molecule has 518 valence electrons. The van der Waals surface area contributed by atoms with Gasteiger partial charge in [0, 0.05) is 0 Å². The Kier molecular flexibility index (Phi) is 63.5. The van der Waals surface area contributed by atoms with E-state index in [1.807, 2.05) is 0 Å². The predicted molar refractivity (Wildman–Crippen MR) is 385 cm³/mol. The first-order valence-corrected chi connectivity index (χ1v) is 38.9. The first kappa shape index (κ1) is 84.1. The fraction of sp³-hybridized carbons (Fsp3) is 0.780. The molecule has 0 saturated carbocycles. The molecular weight excluding hydrogens is 1110 g/mol. The molecule has 0 amide bonds. The zero-order chi connectivity index (χ0) is 64.9. The molecule has 0 heterocycles. The van der Waals surface area contributed by atoms with Crippen LogP contribution in [0.4, 0.5) is 0 Å². The Labute approximate surface area is 556 Å². The standard InChI is InChI=1S/C82H142O8/c1-5-9-13-17-21-25-29-33-37-41-45-49-53-57-61-65-71-87-79(83)75-69-70-76(80(84)88-72-66-62-58-54-50-46-42-38-34-30-26-22-18-14-10-6-2)78(82(86)90-74-68-64-60-56-52-48-44-40-36-32-28-24-20-16-12-8-4)77(75)81(85)89-73-67-63-59-55-51-47-43-39-35-31-27-23-19-15-11-7-3/h33-40,69-70H,5-32,41-68,71-74H2,1-4H3/b37-33-,38-34-,39-35-,40-36-. The van der Waals surface area contributed by atoms with Gasteiger partial charge in [0.1, 0.15) is 0 Å². The SMILES string of the molecule is CCCCCCCC/C=C\CCCCCCCCOC(=O)c1ccc(C(=O)OCCCCCCCC/C=C\CCCCCCCC)c(C(=O)OCCCCCCCC/C=C\CCCCCCCC)c1C(=O)OCCCCCCCC/C=C\CCCCCCCC. The maximum absolute atomic E-state index is 14.4. The van der Waals surface area contributed by atoms with E-state index in [0.29, 0.717) is 25.7 Å². The number of rotatable bonds is 68. The molecule has 0 radical (unpaired) electrons. The Morgan fingerprint density at radius 2 is 0.378 bits per heavy atom. The Morgan fingerprint density at radius 1 is 0.222 bits per heavy atom. The van der Waals surface area contributed by atoms with Gasteiger partial charge < -0.3 is 18.9 Å². The van der Waals surface area contributed by atoms with Crippen LogP contribution in [-0.2, 0) is 18.9 Å². The normalized spacial score (nSPS) is 11.8. The van der Waals surface area contributed by atoms with Crippen LogP contribution in [0.3, 0.4) is 0 Å². The Bertz CT molecular complexity index is 1780. The third-order valence-corrected chi connectivity index (χ3v) is 17.6. The van der Waals surface area contributed by atoms with Crippen molar-refractivity contribution in [1.82, 2.24) is 0 Å². The third kappa shape index (κ3) is 52.5. The molecule has 0 aliphatic carbocycles. The van der Waals surface area contributed by atoms with Crippen molar-refractivity contribution in [2.45, 2.75) is 387 Å². The van der Waals surface area contributed by atoms with Crippen LogP contribution in [0.25, 0.3) is 0 Å². The number of benzene rings is 1. The maximum Gasteiger partial charge on any atom is 0.339 e. The van der Waals surface area contributed by atoms with Crippen molar-refractivity contribution in [1.29, 1.82) is 0 Å². The number of esters is 4. The molecule has 1 aromatic carbocycles. The summed E-state index contributed by atoms with van der Waals surface area (Å²) < 4.78 is 23.5. The summed E-state index contributed by atoms with van der Waals surface area (Å²) in [5, 5.41) is 0. The van der Waals surface area contributed by atoms with Gasteiger partial charge in [-0.3, -0.25) is 0 Å². The summed E-state index contributed by atoms with van der Waals surface area (Å²) in [5.74, 6) is -3.12. The maximum atomic E-state index is 14.4. The van der Waals surface area contributed by atoms with E-state index in [2.05, 4.69) is 76.3 Å². The van der Waals surface area contributed by atoms with Crippen molar-refractivity contribution >= 4 is 23.9 Å². The summed E-state index contributed by atoms with van der Waals surface area (Å²) in [6.07, 6.45) is 84.2. The molecule has 1 rings (SSSR count). The zero-order valence-electron chi connectivity index (χ0n) is 59.5. The van der Waals surface area contributed by atoms with Crippen molar-refractivity contribution in [2.24, 2.45) is 0 Å². The minimum Gasteiger partial charge on any atom is -0.462 e. The van der Waals surface area contributed by atoms with Gasteiger partial charge in [-0.2, -0.15) is 0 Å². The highest BCUT2D eigenvalue weighted by atomic mass is 16.5. The van der Waals surface area contributed by atoms with Gasteiger partial charge >= 0.3 is 23.9 Å². The van der Waals surface area contributed by atoms with Crippen molar-refractivity contribution in [3.05, 3.63) is 83.0 Å². The summed E-state index contributed by atoms with van der Waals surface area (Å²) in [5.41, 5.74) is -0.745. The summed E-state index contributed by atoms with van der Waals surface area (Å²) in [4.78, 5) is 57.0. The second-order valence-electron chi connectivity index (χ2n) is 26.2. The van der Waals surface area contributed by atoms with Gasteiger partial charge in [0.05, 0.1) is 48.7 Å². The second-order valence-corrected chi connectivity index (χ2v) is 26.2. The third-order valence-electron chi connectivity index (χ3n) is 17.6. The molecule has 0 saturated heterocycles. The Hall–Kier alpha value is -3.94. The molecule has 0 aliphatic heterocycles. The van der Waals surface area contributed by atoms with E-state index in [9.17, 15) is 19.2 Å². The van der Waals surface area contributed by atoms with Crippen LogP contribution in [0.2, 0.25) is 0 Å². The minimum atomic E-state index is -0.834. The fourth-order valence-corrected chi connectivity index (χ4v) is 11.7.